The summed E-state index contributed by atoms with van der Waals surface area (Å²) in [7, 11) is 0. The average Bonchev–Trinajstić information content (AvgIpc) is 2.73. The number of rotatable bonds is 10. The fourth-order valence-electron chi connectivity index (χ4n) is 3.05. The van der Waals surface area contributed by atoms with Gasteiger partial charge in [0.2, 0.25) is 0 Å². The summed E-state index contributed by atoms with van der Waals surface area (Å²) in [6.07, 6.45) is 12.2. The van der Waals surface area contributed by atoms with E-state index in [2.05, 4.69) is 37.9 Å². The predicted molar refractivity (Wildman–Crippen MR) is 83.7 cm³/mol. The maximum atomic E-state index is 4.38. The molecule has 1 N–H and O–H groups in total. The highest BCUT2D eigenvalue weighted by atomic mass is 15.1. The molecule has 0 saturated carbocycles. The van der Waals surface area contributed by atoms with E-state index in [4.69, 9.17) is 0 Å². The molecule has 1 heterocycles. The van der Waals surface area contributed by atoms with Gasteiger partial charge in [-0.2, -0.15) is 5.10 Å². The molecule has 0 aromatic carbocycles. The largest absolute Gasteiger partial charge is 0.282 e. The van der Waals surface area contributed by atoms with Crippen LogP contribution < -0.4 is 0 Å². The van der Waals surface area contributed by atoms with E-state index >= 15 is 0 Å². The first-order valence-corrected chi connectivity index (χ1v) is 8.22. The topological polar surface area (TPSA) is 28.7 Å². The van der Waals surface area contributed by atoms with Gasteiger partial charge < -0.3 is 0 Å². The zero-order valence-electron chi connectivity index (χ0n) is 13.4. The Morgan fingerprint density at radius 2 is 1.47 bits per heavy atom. The summed E-state index contributed by atoms with van der Waals surface area (Å²) in [6, 6.07) is 0. The van der Waals surface area contributed by atoms with Gasteiger partial charge in [-0.25, -0.2) is 0 Å². The van der Waals surface area contributed by atoms with Gasteiger partial charge >= 0.3 is 0 Å². The molecule has 110 valence electrons. The lowest BCUT2D eigenvalue weighted by molar-refractivity contribution is 0.498. The summed E-state index contributed by atoms with van der Waals surface area (Å²) in [4.78, 5) is 0. The van der Waals surface area contributed by atoms with E-state index in [-0.39, 0.29) is 0 Å². The Balaban J connectivity index is 2.58. The molecule has 0 fully saturated rings. The number of H-pyrrole nitrogens is 1. The first-order chi connectivity index (χ1) is 9.20. The summed E-state index contributed by atoms with van der Waals surface area (Å²) in [6.45, 7) is 8.89. The van der Waals surface area contributed by atoms with Gasteiger partial charge in [0, 0.05) is 5.69 Å². The van der Waals surface area contributed by atoms with Crippen LogP contribution in [-0.4, -0.2) is 10.2 Å². The number of unbranched alkanes of at least 4 members (excludes halogenated alkanes) is 5. The van der Waals surface area contributed by atoms with Gasteiger partial charge in [-0.1, -0.05) is 58.8 Å². The molecule has 2 nitrogen and oxygen atoms in total. The molecule has 0 amide bonds. The van der Waals surface area contributed by atoms with E-state index < -0.39 is 0 Å². The van der Waals surface area contributed by atoms with E-state index in [0.29, 0.717) is 0 Å². The monoisotopic (exact) mass is 264 g/mol. The lowest BCUT2D eigenvalue weighted by Gasteiger charge is -2.17. The third-order valence-electron chi connectivity index (χ3n) is 4.16. The number of aromatic nitrogens is 2. The van der Waals surface area contributed by atoms with Crippen molar-refractivity contribution < 1.29 is 0 Å². The minimum Gasteiger partial charge on any atom is -0.282 e. The van der Waals surface area contributed by atoms with Gasteiger partial charge in [-0.05, 0) is 38.2 Å². The maximum absolute atomic E-state index is 4.38. The normalized spacial score (nSPS) is 12.8. The zero-order chi connectivity index (χ0) is 14.1. The van der Waals surface area contributed by atoms with Crippen LogP contribution in [0.1, 0.15) is 94.5 Å². The third kappa shape index (κ3) is 5.38. The highest BCUT2D eigenvalue weighted by Gasteiger charge is 2.17. The molecule has 1 rings (SSSR count). The van der Waals surface area contributed by atoms with Gasteiger partial charge in [0.25, 0.3) is 0 Å². The lowest BCUT2D eigenvalue weighted by Crippen LogP contribution is -2.02. The second-order valence-corrected chi connectivity index (χ2v) is 5.89. The smallest absolute Gasteiger partial charge is 0.0628 e. The van der Waals surface area contributed by atoms with Crippen molar-refractivity contribution in [3.63, 3.8) is 0 Å². The van der Waals surface area contributed by atoms with E-state index in [1.165, 1.54) is 74.7 Å². The molecule has 1 unspecified atom stereocenters. The zero-order valence-corrected chi connectivity index (χ0v) is 13.4. The molecule has 0 aliphatic carbocycles. The molecule has 0 radical (unpaired) electrons. The Morgan fingerprint density at radius 1 is 0.895 bits per heavy atom. The minimum absolute atomic E-state index is 0.724. The predicted octanol–water partition coefficient (Wildman–Crippen LogP) is 5.66. The van der Waals surface area contributed by atoms with E-state index in [0.717, 1.165) is 5.92 Å². The van der Waals surface area contributed by atoms with Crippen molar-refractivity contribution in [3.8, 4) is 0 Å². The highest BCUT2D eigenvalue weighted by molar-refractivity contribution is 5.27. The quantitative estimate of drug-likeness (QED) is 0.543. The fourth-order valence-corrected chi connectivity index (χ4v) is 3.05. The average molecular weight is 264 g/mol. The number of aromatic amines is 1. The molecular weight excluding hydrogens is 232 g/mol. The molecule has 19 heavy (non-hydrogen) atoms. The Labute approximate surface area is 119 Å². The van der Waals surface area contributed by atoms with Crippen LogP contribution in [0.4, 0.5) is 0 Å². The second-order valence-electron chi connectivity index (χ2n) is 5.89. The van der Waals surface area contributed by atoms with Crippen molar-refractivity contribution in [1.29, 1.82) is 0 Å². The van der Waals surface area contributed by atoms with Crippen LogP contribution in [0.15, 0.2) is 0 Å². The van der Waals surface area contributed by atoms with Crippen LogP contribution in [0.3, 0.4) is 0 Å². The van der Waals surface area contributed by atoms with Gasteiger partial charge in [0.05, 0.1) is 5.69 Å². The van der Waals surface area contributed by atoms with Crippen LogP contribution in [0.25, 0.3) is 0 Å². The minimum atomic E-state index is 0.724. The van der Waals surface area contributed by atoms with Crippen molar-refractivity contribution in [3.05, 3.63) is 17.0 Å². The SMILES string of the molecule is CCCCCCC(CCCCC)c1c(C)n[nH]c1C. The number of nitrogens with zero attached hydrogens (tertiary/aromatic N) is 1. The standard InChI is InChI=1S/C17H32N2/c1-5-7-9-11-13-16(12-10-8-6-2)17-14(3)18-19-15(17)4/h16H,5-13H2,1-4H3,(H,18,19). The Kier molecular flexibility index (Phi) is 7.85. The van der Waals surface area contributed by atoms with E-state index in [1.54, 1.807) is 0 Å². The van der Waals surface area contributed by atoms with Crippen LogP contribution in [0.2, 0.25) is 0 Å². The van der Waals surface area contributed by atoms with Crippen molar-refractivity contribution >= 4 is 0 Å². The molecule has 2 heteroatoms. The number of nitrogens with one attached hydrogen (secondary N) is 1. The number of hydrogen-bond acceptors (Lipinski definition) is 1. The molecule has 0 spiro atoms. The van der Waals surface area contributed by atoms with Crippen LogP contribution in [0, 0.1) is 13.8 Å². The van der Waals surface area contributed by atoms with Crippen molar-refractivity contribution in [2.24, 2.45) is 0 Å². The van der Waals surface area contributed by atoms with Crippen LogP contribution in [-0.2, 0) is 0 Å². The first-order valence-electron chi connectivity index (χ1n) is 8.22. The molecule has 0 aliphatic heterocycles. The van der Waals surface area contributed by atoms with Gasteiger partial charge in [0.1, 0.15) is 0 Å². The Morgan fingerprint density at radius 3 is 2.00 bits per heavy atom. The Hall–Kier alpha value is -0.790. The molecule has 0 saturated heterocycles. The fraction of sp³-hybridized carbons (Fsp3) is 0.824. The van der Waals surface area contributed by atoms with Crippen molar-refractivity contribution in [2.45, 2.75) is 91.4 Å². The Bertz CT molecular complexity index is 322. The molecule has 1 atom stereocenters. The van der Waals surface area contributed by atoms with Crippen molar-refractivity contribution in [1.82, 2.24) is 10.2 Å². The van der Waals surface area contributed by atoms with Crippen molar-refractivity contribution in [2.75, 3.05) is 0 Å². The maximum Gasteiger partial charge on any atom is 0.0628 e. The van der Waals surface area contributed by atoms with E-state index in [1.807, 2.05) is 0 Å². The van der Waals surface area contributed by atoms with Gasteiger partial charge in [0.15, 0.2) is 0 Å². The highest BCUT2D eigenvalue weighted by Crippen LogP contribution is 2.31. The summed E-state index contributed by atoms with van der Waals surface area (Å²) in [5.41, 5.74) is 4.01. The van der Waals surface area contributed by atoms with Crippen LogP contribution in [0.5, 0.6) is 0 Å². The summed E-state index contributed by atoms with van der Waals surface area (Å²) in [5.74, 6) is 0.724. The van der Waals surface area contributed by atoms with Gasteiger partial charge in [-0.15, -0.1) is 0 Å². The lowest BCUT2D eigenvalue weighted by atomic mass is 9.87. The second kappa shape index (κ2) is 9.17. The summed E-state index contributed by atoms with van der Waals surface area (Å²) < 4.78 is 0. The van der Waals surface area contributed by atoms with Crippen LogP contribution >= 0.6 is 0 Å². The summed E-state index contributed by atoms with van der Waals surface area (Å²) >= 11 is 0. The third-order valence-corrected chi connectivity index (χ3v) is 4.16. The van der Waals surface area contributed by atoms with Gasteiger partial charge in [-0.3, -0.25) is 5.10 Å². The molecule has 0 aliphatic rings. The number of hydrogen-bond donors (Lipinski definition) is 1. The van der Waals surface area contributed by atoms with E-state index in [9.17, 15) is 0 Å². The molecule has 1 aromatic rings. The summed E-state index contributed by atoms with van der Waals surface area (Å²) in [5, 5.41) is 7.54. The molecule has 1 aromatic heterocycles. The molecular formula is C17H32N2. The number of aryl methyl sites for hydroxylation is 2. The first kappa shape index (κ1) is 16.3. The molecule has 0 bridgehead atoms.